The van der Waals surface area contributed by atoms with Crippen LogP contribution >= 0.6 is 7.82 Å². The highest BCUT2D eigenvalue weighted by atomic mass is 31.2. The fourth-order valence-electron chi connectivity index (χ4n) is 4.03. The third-order valence-electron chi connectivity index (χ3n) is 6.51. The number of carbonyl (C=O) groups is 2. The maximum atomic E-state index is 12.3. The van der Waals surface area contributed by atoms with E-state index in [1.54, 1.807) is 0 Å². The largest absolute Gasteiger partial charge is 0.472 e. The van der Waals surface area contributed by atoms with Crippen LogP contribution in [0.4, 0.5) is 0 Å². The number of carbonyl (C=O) groups excluding carboxylic acids is 2. The van der Waals surface area contributed by atoms with Crippen molar-refractivity contribution >= 4 is 19.8 Å². The maximum absolute atomic E-state index is 12.3. The molecular weight excluding hydrogens is 539 g/mol. The number of phosphoric ester groups is 1. The predicted molar refractivity (Wildman–Crippen MR) is 155 cm³/mol. The molecule has 0 amide bonds. The van der Waals surface area contributed by atoms with Gasteiger partial charge in [0.05, 0.1) is 19.8 Å². The smallest absolute Gasteiger partial charge is 0.462 e. The van der Waals surface area contributed by atoms with Crippen LogP contribution in [0.5, 0.6) is 0 Å². The molecule has 3 N–H and O–H groups in total. The van der Waals surface area contributed by atoms with E-state index in [9.17, 15) is 24.2 Å². The van der Waals surface area contributed by atoms with E-state index >= 15 is 0 Å². The predicted octanol–water partition coefficient (Wildman–Crippen LogP) is 6.38. The number of esters is 2. The number of phosphoric acid groups is 1. The first-order valence-electron chi connectivity index (χ1n) is 15.5. The normalized spacial score (nSPS) is 14.4. The third kappa shape index (κ3) is 25.9. The average Bonchev–Trinajstić information content (AvgIpc) is 2.94. The first-order valence-corrected chi connectivity index (χ1v) is 17.0. The van der Waals surface area contributed by atoms with E-state index in [1.807, 2.05) is 6.92 Å². The Labute approximate surface area is 242 Å². The Balaban J connectivity index is 4.17. The van der Waals surface area contributed by atoms with Crippen LogP contribution in [0.3, 0.4) is 0 Å². The average molecular weight is 597 g/mol. The van der Waals surface area contributed by atoms with Gasteiger partial charge in [0.25, 0.3) is 0 Å². The van der Waals surface area contributed by atoms with Gasteiger partial charge in [0.1, 0.15) is 12.7 Å². The Bertz CT molecular complexity index is 661. The van der Waals surface area contributed by atoms with E-state index in [0.29, 0.717) is 12.8 Å². The van der Waals surface area contributed by atoms with Crippen LogP contribution in [0, 0.1) is 0 Å². The van der Waals surface area contributed by atoms with Crippen molar-refractivity contribution in [2.24, 2.45) is 0 Å². The van der Waals surface area contributed by atoms with Crippen molar-refractivity contribution in [1.82, 2.24) is 0 Å². The number of hydrogen-bond acceptors (Lipinski definition) is 9. The molecule has 11 heteroatoms. The summed E-state index contributed by atoms with van der Waals surface area (Å²) in [7, 11) is -4.58. The zero-order valence-electron chi connectivity index (χ0n) is 25.1. The summed E-state index contributed by atoms with van der Waals surface area (Å²) in [6, 6.07) is 0. The molecule has 10 nitrogen and oxygen atoms in total. The molecule has 0 aliphatic rings. The van der Waals surface area contributed by atoms with E-state index < -0.39 is 51.8 Å². The van der Waals surface area contributed by atoms with Crippen LogP contribution in [0.2, 0.25) is 0 Å². The molecule has 0 aromatic heterocycles. The highest BCUT2D eigenvalue weighted by molar-refractivity contribution is 7.47. The molecule has 0 aliphatic carbocycles. The van der Waals surface area contributed by atoms with Gasteiger partial charge in [-0.25, -0.2) is 4.57 Å². The molecule has 0 heterocycles. The maximum Gasteiger partial charge on any atom is 0.472 e. The lowest BCUT2D eigenvalue weighted by Gasteiger charge is -2.20. The van der Waals surface area contributed by atoms with Crippen molar-refractivity contribution in [2.75, 3.05) is 26.4 Å². The molecule has 0 aromatic rings. The van der Waals surface area contributed by atoms with Crippen molar-refractivity contribution < 1.29 is 47.8 Å². The molecule has 0 radical (unpaired) electrons. The zero-order valence-corrected chi connectivity index (χ0v) is 26.0. The van der Waals surface area contributed by atoms with Gasteiger partial charge in [0.2, 0.25) is 0 Å². The molecule has 0 aromatic carbocycles. The van der Waals surface area contributed by atoms with Crippen LogP contribution < -0.4 is 0 Å². The van der Waals surface area contributed by atoms with Crippen molar-refractivity contribution in [3.05, 3.63) is 0 Å². The van der Waals surface area contributed by atoms with Crippen molar-refractivity contribution in [2.45, 2.75) is 148 Å². The number of hydrogen-bond donors (Lipinski definition) is 3. The van der Waals surface area contributed by atoms with Crippen LogP contribution in [0.25, 0.3) is 0 Å². The van der Waals surface area contributed by atoms with Crippen LogP contribution in [-0.4, -0.2) is 65.7 Å². The fourth-order valence-corrected chi connectivity index (χ4v) is 4.82. The fraction of sp³-hybridized carbons (Fsp3) is 0.931. The lowest BCUT2D eigenvalue weighted by Crippen LogP contribution is -2.29. The summed E-state index contributed by atoms with van der Waals surface area (Å²) < 4.78 is 32.0. The Morgan fingerprint density at radius 3 is 1.60 bits per heavy atom. The Hall–Kier alpha value is -1.03. The topological polar surface area (TPSA) is 149 Å². The zero-order chi connectivity index (χ0) is 29.9. The van der Waals surface area contributed by atoms with Crippen LogP contribution in [0.1, 0.15) is 136 Å². The molecule has 1 unspecified atom stereocenters. The number of ether oxygens (including phenoxy) is 2. The highest BCUT2D eigenvalue weighted by Crippen LogP contribution is 2.43. The minimum atomic E-state index is -4.58. The first-order chi connectivity index (χ1) is 19.2. The van der Waals surface area contributed by atoms with E-state index in [-0.39, 0.29) is 19.4 Å². The van der Waals surface area contributed by atoms with E-state index in [0.717, 1.165) is 25.7 Å². The molecule has 0 aliphatic heterocycles. The number of aliphatic hydroxyl groups is 2. The molecule has 0 bridgehead atoms. The van der Waals surface area contributed by atoms with E-state index in [2.05, 4.69) is 11.4 Å². The van der Waals surface area contributed by atoms with E-state index in [1.165, 1.54) is 70.6 Å². The van der Waals surface area contributed by atoms with Gasteiger partial charge in [0.15, 0.2) is 6.10 Å². The van der Waals surface area contributed by atoms with Gasteiger partial charge in [-0.2, -0.15) is 0 Å². The lowest BCUT2D eigenvalue weighted by molar-refractivity contribution is -0.161. The van der Waals surface area contributed by atoms with Crippen molar-refractivity contribution in [3.63, 3.8) is 0 Å². The number of rotatable bonds is 29. The van der Waals surface area contributed by atoms with Gasteiger partial charge in [-0.15, -0.1) is 0 Å². The van der Waals surface area contributed by atoms with Crippen molar-refractivity contribution in [1.29, 1.82) is 0 Å². The minimum Gasteiger partial charge on any atom is -0.462 e. The molecule has 3 atom stereocenters. The van der Waals surface area contributed by atoms with E-state index in [4.69, 9.17) is 19.1 Å². The summed E-state index contributed by atoms with van der Waals surface area (Å²) >= 11 is 0. The Morgan fingerprint density at radius 1 is 0.650 bits per heavy atom. The lowest BCUT2D eigenvalue weighted by atomic mass is 10.0. The minimum absolute atomic E-state index is 0.189. The Morgan fingerprint density at radius 2 is 1.10 bits per heavy atom. The van der Waals surface area contributed by atoms with Gasteiger partial charge in [-0.1, -0.05) is 110 Å². The summed E-state index contributed by atoms with van der Waals surface area (Å²) in [5, 5.41) is 18.1. The molecule has 0 fully saturated rings. The van der Waals surface area contributed by atoms with Gasteiger partial charge in [-0.3, -0.25) is 18.6 Å². The molecule has 0 spiro atoms. The summed E-state index contributed by atoms with van der Waals surface area (Å²) in [6.07, 6.45) is 17.8. The molecule has 0 saturated carbocycles. The second-order valence-corrected chi connectivity index (χ2v) is 11.9. The first kappa shape index (κ1) is 39.0. The third-order valence-corrected chi connectivity index (χ3v) is 7.46. The molecule has 0 rings (SSSR count). The Kier molecular flexibility index (Phi) is 26.2. The standard InChI is InChI=1S/C29H57O10P/c1-3-5-7-8-9-10-11-12-13-14-15-16-17-18-19-21-29(33)39-27(24-36-28(32)20-6-4-2)25-38-40(34,35)37-23-26(31)22-30/h26-27,30-31H,3-25H2,1-2H3,(H,34,35)/t26-,27+/m1/s1. The van der Waals surface area contributed by atoms with Crippen molar-refractivity contribution in [3.8, 4) is 0 Å². The summed E-state index contributed by atoms with van der Waals surface area (Å²) in [6.45, 7) is 2.08. The molecular formula is C29H57O10P. The summed E-state index contributed by atoms with van der Waals surface area (Å²) in [5.74, 6) is -0.961. The molecule has 0 saturated heterocycles. The number of aliphatic hydroxyl groups excluding tert-OH is 2. The van der Waals surface area contributed by atoms with Crippen LogP contribution in [-0.2, 0) is 32.7 Å². The quantitative estimate of drug-likeness (QED) is 0.0504. The van der Waals surface area contributed by atoms with Gasteiger partial charge < -0.3 is 24.6 Å². The molecule has 40 heavy (non-hydrogen) atoms. The van der Waals surface area contributed by atoms with Gasteiger partial charge in [-0.05, 0) is 12.8 Å². The second kappa shape index (κ2) is 26.8. The van der Waals surface area contributed by atoms with Crippen LogP contribution in [0.15, 0.2) is 0 Å². The monoisotopic (exact) mass is 596 g/mol. The SMILES string of the molecule is CCCCCCCCCCCCCCCCCC(=O)O[C@@H](COC(=O)CCCC)COP(=O)(O)OC[C@H](O)CO. The highest BCUT2D eigenvalue weighted by Gasteiger charge is 2.27. The van der Waals surface area contributed by atoms with Gasteiger partial charge in [0, 0.05) is 12.8 Å². The molecule has 238 valence electrons. The van der Waals surface area contributed by atoms with Gasteiger partial charge >= 0.3 is 19.8 Å². The summed E-state index contributed by atoms with van der Waals surface area (Å²) in [5.41, 5.74) is 0. The summed E-state index contributed by atoms with van der Waals surface area (Å²) in [4.78, 5) is 33.9. The number of unbranched alkanes of at least 4 members (excludes halogenated alkanes) is 15. The second-order valence-electron chi connectivity index (χ2n) is 10.5.